The topological polar surface area (TPSA) is 72.3 Å². The van der Waals surface area contributed by atoms with Crippen molar-refractivity contribution in [1.29, 1.82) is 0 Å². The molecule has 12 heavy (non-hydrogen) atoms. The molecule has 0 aliphatic rings. The van der Waals surface area contributed by atoms with Gasteiger partial charge >= 0.3 is 0 Å². The monoisotopic (exact) mass is 275 g/mol. The molecule has 0 radical (unpaired) electrons. The fourth-order valence-corrected chi connectivity index (χ4v) is 1.11. The van der Waals surface area contributed by atoms with Gasteiger partial charge in [0, 0.05) is 28.7 Å². The molecule has 0 atom stereocenters. The summed E-state index contributed by atoms with van der Waals surface area (Å²) in [5.74, 6) is 0.145. The molecule has 0 unspecified atom stereocenters. The van der Waals surface area contributed by atoms with E-state index in [1.807, 2.05) is 22.6 Å². The first-order valence-corrected chi connectivity index (χ1v) is 3.92. The van der Waals surface area contributed by atoms with E-state index in [0.717, 1.165) is 0 Å². The minimum absolute atomic E-state index is 0.145. The van der Waals surface area contributed by atoms with Crippen LogP contribution in [0.25, 0.3) is 0 Å². The second-order valence-corrected chi connectivity index (χ2v) is 2.71. The van der Waals surface area contributed by atoms with Crippen LogP contribution < -0.4 is 0 Å². The van der Waals surface area contributed by atoms with Gasteiger partial charge in [-0.15, -0.1) is 4.99 Å². The molecule has 0 fully saturated rings. The number of aliphatic imine (C=N–C) groups is 1. The number of rotatable bonds is 2. The van der Waals surface area contributed by atoms with Crippen LogP contribution in [0, 0.1) is 3.83 Å². The minimum Gasteiger partial charge on any atom is -0.296 e. The summed E-state index contributed by atoms with van der Waals surface area (Å²) >= 11 is 1.82. The Bertz CT molecular complexity index is 360. The molecule has 0 amide bonds. The second-order valence-electron chi connectivity index (χ2n) is 1.74. The lowest BCUT2D eigenvalue weighted by Gasteiger charge is -1.92. The van der Waals surface area contributed by atoms with Crippen LogP contribution in [0.2, 0.25) is 0 Å². The number of carbonyl (C=O) groups is 1. The van der Waals surface area contributed by atoms with Crippen molar-refractivity contribution in [2.45, 2.75) is 0 Å². The fourth-order valence-electron chi connectivity index (χ4n) is 0.587. The molecule has 0 aliphatic heterocycles. The Morgan fingerprint density at radius 1 is 1.58 bits per heavy atom. The molecule has 1 aromatic heterocycles. The van der Waals surface area contributed by atoms with Crippen LogP contribution in [0.3, 0.4) is 0 Å². The van der Waals surface area contributed by atoms with Gasteiger partial charge in [-0.1, -0.05) is 0 Å². The molecular weight excluding hydrogens is 273 g/mol. The standard InChI is InChI=1S/C6H2IN3O2/c7-6-9-4(2-11)1-5(10-6)8-3-12/h1-2H. The number of halogens is 1. The summed E-state index contributed by atoms with van der Waals surface area (Å²) in [6.45, 7) is 0. The number of carbonyl (C=O) groups excluding carboxylic acids is 2. The molecule has 0 bridgehead atoms. The molecule has 0 saturated carbocycles. The lowest BCUT2D eigenvalue weighted by Crippen LogP contribution is -1.92. The molecule has 1 rings (SSSR count). The van der Waals surface area contributed by atoms with Crippen molar-refractivity contribution >= 4 is 40.8 Å². The normalized spacial score (nSPS) is 8.75. The van der Waals surface area contributed by atoms with Crippen molar-refractivity contribution in [2.24, 2.45) is 4.99 Å². The van der Waals surface area contributed by atoms with Gasteiger partial charge in [-0.05, 0) is 0 Å². The Hall–Kier alpha value is -1.14. The van der Waals surface area contributed by atoms with E-state index in [1.54, 1.807) is 0 Å². The highest BCUT2D eigenvalue weighted by Crippen LogP contribution is 2.09. The molecular formula is C6H2IN3O2. The molecule has 0 aromatic carbocycles. The summed E-state index contributed by atoms with van der Waals surface area (Å²) in [7, 11) is 0. The zero-order chi connectivity index (χ0) is 8.97. The van der Waals surface area contributed by atoms with Crippen molar-refractivity contribution in [3.63, 3.8) is 0 Å². The summed E-state index contributed by atoms with van der Waals surface area (Å²) in [5, 5.41) is 0. The third-order valence-electron chi connectivity index (χ3n) is 0.986. The summed E-state index contributed by atoms with van der Waals surface area (Å²) in [6.07, 6.45) is 1.89. The van der Waals surface area contributed by atoms with Crippen LogP contribution in [-0.4, -0.2) is 22.3 Å². The van der Waals surface area contributed by atoms with Gasteiger partial charge in [0.2, 0.25) is 6.08 Å². The Kier molecular flexibility index (Phi) is 3.01. The van der Waals surface area contributed by atoms with Gasteiger partial charge in [-0.3, -0.25) is 4.79 Å². The zero-order valence-electron chi connectivity index (χ0n) is 5.69. The third kappa shape index (κ3) is 2.18. The number of nitrogens with zero attached hydrogens (tertiary/aromatic N) is 3. The van der Waals surface area contributed by atoms with Crippen LogP contribution in [0.5, 0.6) is 0 Å². The molecule has 0 aliphatic carbocycles. The molecule has 60 valence electrons. The Labute approximate surface area is 81.1 Å². The number of aromatic nitrogens is 2. The van der Waals surface area contributed by atoms with Crippen molar-refractivity contribution in [1.82, 2.24) is 9.97 Å². The molecule has 0 saturated heterocycles. The maximum absolute atomic E-state index is 10.3. The van der Waals surface area contributed by atoms with Crippen LogP contribution >= 0.6 is 22.6 Å². The lowest BCUT2D eigenvalue weighted by molar-refractivity contribution is 0.111. The van der Waals surface area contributed by atoms with Gasteiger partial charge in [-0.2, -0.15) is 0 Å². The van der Waals surface area contributed by atoms with Crippen LogP contribution in [0.1, 0.15) is 10.5 Å². The van der Waals surface area contributed by atoms with Crippen molar-refractivity contribution < 1.29 is 9.59 Å². The van der Waals surface area contributed by atoms with Crippen LogP contribution in [-0.2, 0) is 4.79 Å². The Morgan fingerprint density at radius 3 is 2.92 bits per heavy atom. The van der Waals surface area contributed by atoms with Gasteiger partial charge < -0.3 is 0 Å². The van der Waals surface area contributed by atoms with Crippen LogP contribution in [0.4, 0.5) is 5.82 Å². The molecule has 0 spiro atoms. The molecule has 1 heterocycles. The van der Waals surface area contributed by atoms with Gasteiger partial charge in [0.1, 0.15) is 5.69 Å². The van der Waals surface area contributed by atoms with Gasteiger partial charge in [-0.25, -0.2) is 14.8 Å². The molecule has 1 aromatic rings. The fraction of sp³-hybridized carbons (Fsp3) is 0. The number of hydrogen-bond acceptors (Lipinski definition) is 5. The highest BCUT2D eigenvalue weighted by molar-refractivity contribution is 14.1. The number of hydrogen-bond donors (Lipinski definition) is 0. The highest BCUT2D eigenvalue weighted by Gasteiger charge is 1.99. The second kappa shape index (κ2) is 4.03. The van der Waals surface area contributed by atoms with Crippen molar-refractivity contribution in [3.8, 4) is 0 Å². The maximum atomic E-state index is 10.3. The van der Waals surface area contributed by atoms with E-state index in [4.69, 9.17) is 0 Å². The summed E-state index contributed by atoms with van der Waals surface area (Å²) in [4.78, 5) is 30.9. The van der Waals surface area contributed by atoms with Crippen molar-refractivity contribution in [2.75, 3.05) is 0 Å². The van der Waals surface area contributed by atoms with E-state index < -0.39 is 0 Å². The number of aldehydes is 1. The van der Waals surface area contributed by atoms with E-state index in [-0.39, 0.29) is 11.5 Å². The Morgan fingerprint density at radius 2 is 2.33 bits per heavy atom. The highest BCUT2D eigenvalue weighted by atomic mass is 127. The summed E-state index contributed by atoms with van der Waals surface area (Å²) < 4.78 is 0.367. The van der Waals surface area contributed by atoms with E-state index in [0.29, 0.717) is 10.1 Å². The van der Waals surface area contributed by atoms with Crippen LogP contribution in [0.15, 0.2) is 11.1 Å². The predicted octanol–water partition coefficient (Wildman–Crippen LogP) is 0.861. The first kappa shape index (κ1) is 8.95. The largest absolute Gasteiger partial charge is 0.296 e. The predicted molar refractivity (Wildman–Crippen MR) is 47.9 cm³/mol. The van der Waals surface area contributed by atoms with E-state index >= 15 is 0 Å². The maximum Gasteiger partial charge on any atom is 0.242 e. The molecule has 5 nitrogen and oxygen atoms in total. The Balaban J connectivity index is 3.22. The SMILES string of the molecule is O=C=Nc1cc(C=O)nc(I)n1. The lowest BCUT2D eigenvalue weighted by atomic mass is 10.4. The van der Waals surface area contributed by atoms with Gasteiger partial charge in [0.05, 0.1) is 0 Å². The average molecular weight is 275 g/mol. The van der Waals surface area contributed by atoms with E-state index in [1.165, 1.54) is 12.1 Å². The number of isocyanates is 1. The quantitative estimate of drug-likeness (QED) is 0.264. The average Bonchev–Trinajstić information content (AvgIpc) is 2.04. The zero-order valence-corrected chi connectivity index (χ0v) is 7.85. The summed E-state index contributed by atoms with van der Waals surface area (Å²) in [6, 6.07) is 1.31. The van der Waals surface area contributed by atoms with Gasteiger partial charge in [0.15, 0.2) is 15.9 Å². The van der Waals surface area contributed by atoms with E-state index in [2.05, 4.69) is 15.0 Å². The minimum atomic E-state index is 0.145. The molecule has 0 N–H and O–H groups in total. The first-order chi connectivity index (χ1) is 5.76. The third-order valence-corrected chi connectivity index (χ3v) is 1.47. The van der Waals surface area contributed by atoms with Crippen molar-refractivity contribution in [3.05, 3.63) is 15.6 Å². The smallest absolute Gasteiger partial charge is 0.242 e. The van der Waals surface area contributed by atoms with Gasteiger partial charge in [0.25, 0.3) is 0 Å². The summed E-state index contributed by atoms with van der Waals surface area (Å²) in [5.41, 5.74) is 0.198. The van der Waals surface area contributed by atoms with E-state index in [9.17, 15) is 9.59 Å². The first-order valence-electron chi connectivity index (χ1n) is 2.84. The molecule has 6 heteroatoms.